The number of nitrogen functional groups attached to an aromatic ring is 1. The van der Waals surface area contributed by atoms with Crippen molar-refractivity contribution in [2.45, 2.75) is 38.1 Å². The van der Waals surface area contributed by atoms with Crippen molar-refractivity contribution < 1.29 is 0 Å². The van der Waals surface area contributed by atoms with Crippen molar-refractivity contribution in [2.75, 3.05) is 5.73 Å². The number of hydrogen-bond donors (Lipinski definition) is 2. The fourth-order valence-corrected chi connectivity index (χ4v) is 3.11. The summed E-state index contributed by atoms with van der Waals surface area (Å²) < 4.78 is 1.79. The Kier molecular flexibility index (Phi) is 3.18. The third kappa shape index (κ3) is 1.95. The van der Waals surface area contributed by atoms with E-state index in [1.165, 1.54) is 0 Å². The van der Waals surface area contributed by atoms with Gasteiger partial charge >= 0.3 is 0 Å². The highest BCUT2D eigenvalue weighted by Gasteiger charge is 2.28. The number of nitrogens with one attached hydrogen (secondary N) is 1. The highest BCUT2D eigenvalue weighted by Crippen LogP contribution is 2.34. The van der Waals surface area contributed by atoms with Crippen LogP contribution in [0.3, 0.4) is 0 Å². The minimum Gasteiger partial charge on any atom is -0.382 e. The van der Waals surface area contributed by atoms with Gasteiger partial charge in [0.15, 0.2) is 5.82 Å². The van der Waals surface area contributed by atoms with Gasteiger partial charge in [-0.15, -0.1) is 0 Å². The van der Waals surface area contributed by atoms with E-state index in [9.17, 15) is 10.1 Å². The Morgan fingerprint density at radius 1 is 1.40 bits per heavy atom. The van der Waals surface area contributed by atoms with Gasteiger partial charge in [-0.2, -0.15) is 10.4 Å². The van der Waals surface area contributed by atoms with Crippen LogP contribution in [-0.2, 0) is 0 Å². The molecule has 2 aromatic rings. The van der Waals surface area contributed by atoms with Crippen LogP contribution in [0, 0.1) is 17.2 Å². The normalized spacial score (nSPS) is 23.4. The van der Waals surface area contributed by atoms with Gasteiger partial charge in [-0.05, 0) is 18.9 Å². The minimum atomic E-state index is -0.228. The molecule has 0 spiro atoms. The molecule has 0 saturated heterocycles. The maximum absolute atomic E-state index is 11.9. The molecule has 1 aliphatic carbocycles. The molecular weight excluding hydrogens is 254 g/mol. The lowest BCUT2D eigenvalue weighted by molar-refractivity contribution is 0.353. The predicted octanol–water partition coefficient (Wildman–Crippen LogP) is 1.95. The summed E-state index contributed by atoms with van der Waals surface area (Å²) in [6, 6.07) is 4.20. The van der Waals surface area contributed by atoms with E-state index >= 15 is 0 Å². The van der Waals surface area contributed by atoms with E-state index in [4.69, 9.17) is 5.73 Å². The molecule has 0 radical (unpaired) electrons. The first-order valence-corrected chi connectivity index (χ1v) is 6.97. The minimum absolute atomic E-state index is 0.00380. The summed E-state index contributed by atoms with van der Waals surface area (Å²) in [7, 11) is 0. The quantitative estimate of drug-likeness (QED) is 0.774. The fraction of sp³-hybridized carbons (Fsp3) is 0.500. The molecule has 0 bridgehead atoms. The highest BCUT2D eigenvalue weighted by atomic mass is 16.1. The fourth-order valence-electron chi connectivity index (χ4n) is 3.11. The van der Waals surface area contributed by atoms with Crippen LogP contribution in [0.2, 0.25) is 0 Å². The van der Waals surface area contributed by atoms with Crippen LogP contribution in [0.15, 0.2) is 17.1 Å². The van der Waals surface area contributed by atoms with E-state index in [0.717, 1.165) is 37.6 Å². The van der Waals surface area contributed by atoms with Crippen LogP contribution in [0.1, 0.15) is 38.1 Å². The summed E-state index contributed by atoms with van der Waals surface area (Å²) in [4.78, 5) is 14.5. The molecule has 1 saturated carbocycles. The van der Waals surface area contributed by atoms with Gasteiger partial charge in [0.1, 0.15) is 5.39 Å². The molecule has 6 nitrogen and oxygen atoms in total. The Balaban J connectivity index is 2.16. The van der Waals surface area contributed by atoms with E-state index in [-0.39, 0.29) is 23.3 Å². The highest BCUT2D eigenvalue weighted by molar-refractivity contribution is 5.88. The standard InChI is InChI=1S/C14H17N5O/c15-8-9-4-2-1-3-5-10(9)19-11-6-7-17-14(20)12(11)13(16)18-19/h6-7,9-10H,1-5H2,(H2,16,18)(H,17,20)/t9-,10+/m0/s1. The Morgan fingerprint density at radius 2 is 2.20 bits per heavy atom. The van der Waals surface area contributed by atoms with Crippen molar-refractivity contribution in [2.24, 2.45) is 5.92 Å². The molecule has 3 rings (SSSR count). The van der Waals surface area contributed by atoms with Crippen molar-refractivity contribution in [1.29, 1.82) is 5.26 Å². The first kappa shape index (κ1) is 12.7. The summed E-state index contributed by atoms with van der Waals surface area (Å²) in [5.74, 6) is 0.169. The first-order valence-electron chi connectivity index (χ1n) is 6.97. The first-order chi connectivity index (χ1) is 9.72. The predicted molar refractivity (Wildman–Crippen MR) is 76.0 cm³/mol. The average Bonchev–Trinajstić information content (AvgIpc) is 2.64. The zero-order chi connectivity index (χ0) is 14.1. The van der Waals surface area contributed by atoms with Crippen LogP contribution < -0.4 is 11.3 Å². The van der Waals surface area contributed by atoms with Crippen LogP contribution in [-0.4, -0.2) is 14.8 Å². The molecule has 3 N–H and O–H groups in total. The van der Waals surface area contributed by atoms with Crippen molar-refractivity contribution in [1.82, 2.24) is 14.8 Å². The van der Waals surface area contributed by atoms with E-state index in [1.807, 2.05) is 0 Å². The lowest BCUT2D eigenvalue weighted by Crippen LogP contribution is -2.19. The lowest BCUT2D eigenvalue weighted by atomic mass is 9.96. The molecule has 2 atom stereocenters. The number of pyridine rings is 1. The largest absolute Gasteiger partial charge is 0.382 e. The molecule has 1 aliphatic rings. The van der Waals surface area contributed by atoms with Gasteiger partial charge in [0, 0.05) is 6.20 Å². The van der Waals surface area contributed by atoms with E-state index in [1.54, 1.807) is 16.9 Å². The van der Waals surface area contributed by atoms with Gasteiger partial charge in [-0.25, -0.2) is 0 Å². The molecule has 2 heterocycles. The smallest absolute Gasteiger partial charge is 0.261 e. The van der Waals surface area contributed by atoms with Crippen molar-refractivity contribution >= 4 is 16.7 Å². The number of aromatic amines is 1. The SMILES string of the molecule is N#C[C@@H]1CCCCC[C@H]1n1nc(N)c2c(=O)[nH]ccc21. The van der Waals surface area contributed by atoms with E-state index in [2.05, 4.69) is 16.2 Å². The maximum atomic E-state index is 11.9. The van der Waals surface area contributed by atoms with E-state index < -0.39 is 0 Å². The molecule has 104 valence electrons. The molecule has 0 unspecified atom stereocenters. The van der Waals surface area contributed by atoms with Crippen LogP contribution in [0.5, 0.6) is 0 Å². The van der Waals surface area contributed by atoms with Crippen LogP contribution in [0.25, 0.3) is 10.9 Å². The average molecular weight is 271 g/mol. The topological polar surface area (TPSA) is 100 Å². The van der Waals surface area contributed by atoms with Crippen molar-refractivity contribution in [3.05, 3.63) is 22.6 Å². The number of aromatic nitrogens is 3. The number of hydrogen-bond acceptors (Lipinski definition) is 4. The van der Waals surface area contributed by atoms with Crippen LogP contribution in [0.4, 0.5) is 5.82 Å². The van der Waals surface area contributed by atoms with Gasteiger partial charge in [-0.1, -0.05) is 19.3 Å². The van der Waals surface area contributed by atoms with Gasteiger partial charge in [0.2, 0.25) is 0 Å². The summed E-state index contributed by atoms with van der Waals surface area (Å²) in [6.45, 7) is 0. The Morgan fingerprint density at radius 3 is 3.00 bits per heavy atom. The summed E-state index contributed by atoms with van der Waals surface area (Å²) in [5.41, 5.74) is 6.37. The Bertz CT molecular complexity index is 723. The molecule has 6 heteroatoms. The second-order valence-electron chi connectivity index (χ2n) is 5.34. The monoisotopic (exact) mass is 271 g/mol. The second-order valence-corrected chi connectivity index (χ2v) is 5.34. The molecule has 0 aromatic carbocycles. The molecule has 20 heavy (non-hydrogen) atoms. The number of nitrogens with zero attached hydrogens (tertiary/aromatic N) is 3. The number of anilines is 1. The van der Waals surface area contributed by atoms with Gasteiger partial charge < -0.3 is 10.7 Å². The number of rotatable bonds is 1. The van der Waals surface area contributed by atoms with Gasteiger partial charge in [0.25, 0.3) is 5.56 Å². The number of H-pyrrole nitrogens is 1. The van der Waals surface area contributed by atoms with E-state index in [0.29, 0.717) is 5.39 Å². The Hall–Kier alpha value is -2.29. The number of nitrogens with two attached hydrogens (primary N) is 1. The molecule has 2 aromatic heterocycles. The summed E-state index contributed by atoms with van der Waals surface area (Å²) in [6.07, 6.45) is 6.68. The lowest BCUT2D eigenvalue weighted by Gasteiger charge is -2.20. The maximum Gasteiger partial charge on any atom is 0.261 e. The molecule has 1 fully saturated rings. The summed E-state index contributed by atoms with van der Waals surface area (Å²) >= 11 is 0. The third-order valence-corrected chi connectivity index (χ3v) is 4.12. The zero-order valence-electron chi connectivity index (χ0n) is 11.2. The number of nitriles is 1. The van der Waals surface area contributed by atoms with Crippen molar-refractivity contribution in [3.63, 3.8) is 0 Å². The van der Waals surface area contributed by atoms with Crippen molar-refractivity contribution in [3.8, 4) is 6.07 Å². The number of fused-ring (bicyclic) bond motifs is 1. The van der Waals surface area contributed by atoms with Gasteiger partial charge in [0.05, 0.1) is 23.5 Å². The summed E-state index contributed by atoms with van der Waals surface area (Å²) in [5, 5.41) is 14.2. The third-order valence-electron chi connectivity index (χ3n) is 4.12. The molecule has 0 amide bonds. The second kappa shape index (κ2) is 5.00. The zero-order valence-corrected chi connectivity index (χ0v) is 11.2. The molecular formula is C14H17N5O. The van der Waals surface area contributed by atoms with Crippen LogP contribution >= 0.6 is 0 Å². The molecule has 0 aliphatic heterocycles. The van der Waals surface area contributed by atoms with Gasteiger partial charge in [-0.3, -0.25) is 9.48 Å². The Labute approximate surface area is 116 Å².